The number of hydrogen-bond acceptors (Lipinski definition) is 6. The zero-order valence-electron chi connectivity index (χ0n) is 17.9. The van der Waals surface area contributed by atoms with Gasteiger partial charge in [0.2, 0.25) is 0 Å². The van der Waals surface area contributed by atoms with E-state index in [-0.39, 0.29) is 12.4 Å². The van der Waals surface area contributed by atoms with Gasteiger partial charge in [-0.25, -0.2) is 14.4 Å². The van der Waals surface area contributed by atoms with Crippen LogP contribution in [0.15, 0.2) is 67.0 Å². The first kappa shape index (κ1) is 22.3. The summed E-state index contributed by atoms with van der Waals surface area (Å²) in [6.07, 6.45) is 3.69. The van der Waals surface area contributed by atoms with Crippen molar-refractivity contribution < 1.29 is 13.9 Å². The smallest absolute Gasteiger partial charge is 0.143 e. The molecule has 3 aromatic carbocycles. The largest absolute Gasteiger partial charge is 0.487 e. The maximum atomic E-state index is 13.4. The summed E-state index contributed by atoms with van der Waals surface area (Å²) in [5.74, 6) is 0.885. The minimum atomic E-state index is -0.305. The predicted octanol–water partition coefficient (Wildman–Crippen LogP) is 7.09. The molecular weight excluding hydrogens is 473 g/mol. The van der Waals surface area contributed by atoms with Crippen LogP contribution in [-0.4, -0.2) is 16.3 Å². The number of aryl methyl sites for hydroxylation is 1. The first-order valence-corrected chi connectivity index (χ1v) is 11.8. The molecular formula is C26H19ClFN3O2S. The SMILES string of the molecule is O=CCCc1ccc2c(c1)sc1ncnc(Nc3ccc(OCc4cccc(F)c4)c(Cl)c3)c12. The van der Waals surface area contributed by atoms with Crippen molar-refractivity contribution in [3.8, 4) is 5.75 Å². The molecule has 0 radical (unpaired) electrons. The van der Waals surface area contributed by atoms with E-state index in [0.29, 0.717) is 23.0 Å². The molecule has 0 aliphatic carbocycles. The van der Waals surface area contributed by atoms with Crippen molar-refractivity contribution in [2.45, 2.75) is 19.4 Å². The molecule has 0 saturated heterocycles. The lowest BCUT2D eigenvalue weighted by Gasteiger charge is -2.11. The average Bonchev–Trinajstić information content (AvgIpc) is 3.21. The van der Waals surface area contributed by atoms with E-state index in [1.807, 2.05) is 12.1 Å². The molecule has 34 heavy (non-hydrogen) atoms. The molecule has 2 heterocycles. The molecule has 0 bridgehead atoms. The monoisotopic (exact) mass is 491 g/mol. The maximum Gasteiger partial charge on any atom is 0.143 e. The number of halogens is 2. The number of aldehydes is 1. The number of benzene rings is 3. The fraction of sp³-hybridized carbons (Fsp3) is 0.115. The van der Waals surface area contributed by atoms with E-state index in [1.165, 1.54) is 18.5 Å². The van der Waals surface area contributed by atoms with E-state index in [0.717, 1.165) is 49.8 Å². The van der Waals surface area contributed by atoms with Crippen molar-refractivity contribution in [2.24, 2.45) is 0 Å². The predicted molar refractivity (Wildman–Crippen MR) is 135 cm³/mol. The van der Waals surface area contributed by atoms with E-state index in [9.17, 15) is 9.18 Å². The number of nitrogens with zero attached hydrogens (tertiary/aromatic N) is 2. The quantitative estimate of drug-likeness (QED) is 0.235. The van der Waals surface area contributed by atoms with Gasteiger partial charge in [-0.05, 0) is 53.9 Å². The summed E-state index contributed by atoms with van der Waals surface area (Å²) in [5, 5.41) is 5.77. The Morgan fingerprint density at radius 1 is 1.06 bits per heavy atom. The first-order chi connectivity index (χ1) is 16.6. The second kappa shape index (κ2) is 9.75. The number of rotatable bonds is 8. The Kier molecular flexibility index (Phi) is 6.38. The molecule has 0 aliphatic heterocycles. The van der Waals surface area contributed by atoms with E-state index in [2.05, 4.69) is 27.4 Å². The second-order valence-electron chi connectivity index (χ2n) is 7.73. The van der Waals surface area contributed by atoms with Crippen LogP contribution in [0.5, 0.6) is 5.75 Å². The summed E-state index contributed by atoms with van der Waals surface area (Å²) >= 11 is 8.04. The Balaban J connectivity index is 1.39. The molecule has 0 amide bonds. The summed E-state index contributed by atoms with van der Waals surface area (Å²) in [4.78, 5) is 20.5. The lowest BCUT2D eigenvalue weighted by molar-refractivity contribution is -0.107. The number of aromatic nitrogens is 2. The summed E-state index contributed by atoms with van der Waals surface area (Å²) < 4.78 is 20.2. The normalized spacial score (nSPS) is 11.1. The summed E-state index contributed by atoms with van der Waals surface area (Å²) in [6, 6.07) is 17.9. The zero-order chi connectivity index (χ0) is 23.5. The van der Waals surface area contributed by atoms with E-state index < -0.39 is 0 Å². The van der Waals surface area contributed by atoms with Crippen LogP contribution >= 0.6 is 22.9 Å². The average molecular weight is 492 g/mol. The molecule has 8 heteroatoms. The molecule has 0 atom stereocenters. The minimum Gasteiger partial charge on any atom is -0.487 e. The van der Waals surface area contributed by atoms with E-state index in [1.54, 1.807) is 35.6 Å². The van der Waals surface area contributed by atoms with Crippen LogP contribution in [0.4, 0.5) is 15.9 Å². The van der Waals surface area contributed by atoms with Crippen LogP contribution in [0.2, 0.25) is 5.02 Å². The van der Waals surface area contributed by atoms with Gasteiger partial charge in [-0.3, -0.25) is 0 Å². The Hall–Kier alpha value is -3.55. The number of fused-ring (bicyclic) bond motifs is 3. The Morgan fingerprint density at radius 2 is 1.97 bits per heavy atom. The van der Waals surface area contributed by atoms with Gasteiger partial charge < -0.3 is 14.8 Å². The third kappa shape index (κ3) is 4.71. The van der Waals surface area contributed by atoms with E-state index in [4.69, 9.17) is 16.3 Å². The standard InChI is InChI=1S/C26H19ClFN3O2S/c27-21-13-19(7-9-22(21)33-14-17-3-1-5-18(28)11-17)31-25-24-20-8-6-16(4-2-10-32)12-23(20)34-26(24)30-15-29-25/h1,3,5-13,15H,2,4,14H2,(H,29,30,31). The molecule has 0 fully saturated rings. The van der Waals surface area contributed by atoms with E-state index >= 15 is 0 Å². The second-order valence-corrected chi connectivity index (χ2v) is 9.17. The molecule has 170 valence electrons. The first-order valence-electron chi connectivity index (χ1n) is 10.6. The Labute approximate surface area is 204 Å². The topological polar surface area (TPSA) is 64.1 Å². The molecule has 1 N–H and O–H groups in total. The van der Waals surface area contributed by atoms with Gasteiger partial charge in [-0.1, -0.05) is 35.9 Å². The van der Waals surface area contributed by atoms with Crippen LogP contribution in [0, 0.1) is 5.82 Å². The van der Waals surface area contributed by atoms with Crippen LogP contribution in [0.1, 0.15) is 17.5 Å². The lowest BCUT2D eigenvalue weighted by atomic mass is 10.1. The highest BCUT2D eigenvalue weighted by atomic mass is 35.5. The van der Waals surface area contributed by atoms with Gasteiger partial charge in [0.1, 0.15) is 41.4 Å². The van der Waals surface area contributed by atoms with Crippen molar-refractivity contribution in [2.75, 3.05) is 5.32 Å². The number of nitrogens with one attached hydrogen (secondary N) is 1. The fourth-order valence-corrected chi connectivity index (χ4v) is 5.09. The van der Waals surface area contributed by atoms with Crippen molar-refractivity contribution in [3.63, 3.8) is 0 Å². The number of carbonyl (C=O) groups is 1. The molecule has 2 aromatic heterocycles. The minimum absolute atomic E-state index is 0.215. The summed E-state index contributed by atoms with van der Waals surface area (Å²) in [7, 11) is 0. The third-order valence-electron chi connectivity index (χ3n) is 5.36. The number of carbonyl (C=O) groups excluding carboxylic acids is 1. The molecule has 5 rings (SSSR count). The van der Waals surface area contributed by atoms with Gasteiger partial charge >= 0.3 is 0 Å². The zero-order valence-corrected chi connectivity index (χ0v) is 19.5. The van der Waals surface area contributed by atoms with Crippen LogP contribution in [-0.2, 0) is 17.8 Å². The van der Waals surface area contributed by atoms with Gasteiger partial charge in [0, 0.05) is 22.2 Å². The van der Waals surface area contributed by atoms with Gasteiger partial charge in [-0.2, -0.15) is 0 Å². The highest BCUT2D eigenvalue weighted by Crippen LogP contribution is 2.38. The third-order valence-corrected chi connectivity index (χ3v) is 6.72. The van der Waals surface area contributed by atoms with Crippen LogP contribution in [0.3, 0.4) is 0 Å². The van der Waals surface area contributed by atoms with Gasteiger partial charge in [-0.15, -0.1) is 11.3 Å². The summed E-state index contributed by atoms with van der Waals surface area (Å²) in [6.45, 7) is 0.215. The number of anilines is 2. The summed E-state index contributed by atoms with van der Waals surface area (Å²) in [5.41, 5.74) is 2.60. The number of ether oxygens (including phenoxy) is 1. The molecule has 5 aromatic rings. The fourth-order valence-electron chi connectivity index (χ4n) is 3.75. The molecule has 0 spiro atoms. The Morgan fingerprint density at radius 3 is 2.79 bits per heavy atom. The maximum absolute atomic E-state index is 13.4. The molecule has 0 saturated carbocycles. The van der Waals surface area contributed by atoms with Gasteiger partial charge in [0.25, 0.3) is 0 Å². The van der Waals surface area contributed by atoms with Crippen molar-refractivity contribution in [1.29, 1.82) is 0 Å². The van der Waals surface area contributed by atoms with Crippen molar-refractivity contribution in [1.82, 2.24) is 9.97 Å². The molecule has 5 nitrogen and oxygen atoms in total. The van der Waals surface area contributed by atoms with Gasteiger partial charge in [0.05, 0.1) is 10.4 Å². The lowest BCUT2D eigenvalue weighted by Crippen LogP contribution is -1.98. The number of thiophene rings is 1. The van der Waals surface area contributed by atoms with Crippen LogP contribution in [0.25, 0.3) is 20.3 Å². The highest BCUT2D eigenvalue weighted by Gasteiger charge is 2.13. The molecule has 0 aliphatic rings. The van der Waals surface area contributed by atoms with Gasteiger partial charge in [0.15, 0.2) is 0 Å². The number of hydrogen-bond donors (Lipinski definition) is 1. The highest BCUT2D eigenvalue weighted by molar-refractivity contribution is 7.25. The van der Waals surface area contributed by atoms with Crippen molar-refractivity contribution in [3.05, 3.63) is 89.0 Å². The van der Waals surface area contributed by atoms with Crippen molar-refractivity contribution >= 4 is 61.0 Å². The Bertz CT molecular complexity index is 1500. The van der Waals surface area contributed by atoms with Crippen LogP contribution < -0.4 is 10.1 Å². The molecule has 0 unspecified atom stereocenters.